The average molecular weight is 502 g/mol. The molecule has 0 unspecified atom stereocenters. The van der Waals surface area contributed by atoms with Crippen molar-refractivity contribution in [1.82, 2.24) is 9.97 Å². The molecule has 2 spiro atoms. The van der Waals surface area contributed by atoms with Crippen LogP contribution in [0.15, 0.2) is 24.5 Å². The molecule has 6 rings (SSSR count). The first-order chi connectivity index (χ1) is 16.9. The van der Waals surface area contributed by atoms with Crippen molar-refractivity contribution in [2.75, 3.05) is 36.0 Å². The zero-order valence-corrected chi connectivity index (χ0v) is 21.4. The van der Waals surface area contributed by atoms with E-state index in [9.17, 15) is 8.78 Å². The molecule has 2 aromatic rings. The van der Waals surface area contributed by atoms with E-state index in [1.165, 1.54) is 44.7 Å². The average Bonchev–Trinajstić information content (AvgIpc) is 3.83. The number of rotatable bonds is 2. The lowest BCUT2D eigenvalue weighted by molar-refractivity contribution is 0.382. The molecule has 2 aromatic heterocycles. The van der Waals surface area contributed by atoms with E-state index in [0.29, 0.717) is 27.4 Å². The van der Waals surface area contributed by atoms with Gasteiger partial charge in [-0.15, -0.1) is 0 Å². The summed E-state index contributed by atoms with van der Waals surface area (Å²) in [6, 6.07) is 5.14. The second kappa shape index (κ2) is 10.7. The molecule has 0 amide bonds. The fraction of sp³-hybridized carbons (Fsp3) is 0.593. The maximum Gasteiger partial charge on any atom is 0.164 e. The molecule has 35 heavy (non-hydrogen) atoms. The van der Waals surface area contributed by atoms with E-state index in [2.05, 4.69) is 14.9 Å². The van der Waals surface area contributed by atoms with Gasteiger partial charge in [-0.05, 0) is 62.2 Å². The van der Waals surface area contributed by atoms with Gasteiger partial charge in [-0.2, -0.15) is 5.26 Å². The molecule has 0 atom stereocenters. The molecule has 2 saturated heterocycles. The minimum Gasteiger partial charge on any atom is -0.369 e. The minimum atomic E-state index is -0.323. The number of halogens is 3. The van der Waals surface area contributed by atoms with Crippen molar-refractivity contribution in [2.24, 2.45) is 10.8 Å². The topological polar surface area (TPSA) is 56.1 Å². The van der Waals surface area contributed by atoms with Crippen molar-refractivity contribution >= 4 is 23.0 Å². The summed E-state index contributed by atoms with van der Waals surface area (Å²) < 4.78 is 27.3. The monoisotopic (exact) mass is 501 g/mol. The van der Waals surface area contributed by atoms with Gasteiger partial charge in [0.15, 0.2) is 11.6 Å². The smallest absolute Gasteiger partial charge is 0.164 e. The minimum absolute atomic E-state index is 0.267. The third kappa shape index (κ3) is 6.03. The fourth-order valence-electron chi connectivity index (χ4n) is 5.17. The zero-order chi connectivity index (χ0) is 25.1. The lowest BCUT2D eigenvalue weighted by atomic mass is 9.93. The Labute approximate surface area is 212 Å². The molecule has 2 aliphatic carbocycles. The molecule has 4 fully saturated rings. The van der Waals surface area contributed by atoms with Gasteiger partial charge in [0.25, 0.3) is 0 Å². The lowest BCUT2D eigenvalue weighted by Crippen LogP contribution is -2.35. The Morgan fingerprint density at radius 3 is 1.63 bits per heavy atom. The van der Waals surface area contributed by atoms with Gasteiger partial charge in [0, 0.05) is 38.3 Å². The third-order valence-corrected chi connectivity index (χ3v) is 8.20. The molecule has 2 aliphatic heterocycles. The van der Waals surface area contributed by atoms with Crippen molar-refractivity contribution in [3.63, 3.8) is 0 Å². The molecule has 0 aromatic carbocycles. The van der Waals surface area contributed by atoms with Crippen LogP contribution >= 0.6 is 11.6 Å². The van der Waals surface area contributed by atoms with Gasteiger partial charge in [0.1, 0.15) is 16.9 Å². The van der Waals surface area contributed by atoms with E-state index in [0.717, 1.165) is 45.2 Å². The molecule has 0 radical (unpaired) electrons. The first-order valence-corrected chi connectivity index (χ1v) is 13.2. The molecular formula is C27H34ClF2N5. The molecule has 0 bridgehead atoms. The van der Waals surface area contributed by atoms with Crippen LogP contribution in [0.1, 0.15) is 70.9 Å². The van der Waals surface area contributed by atoms with Gasteiger partial charge < -0.3 is 9.80 Å². The molecule has 4 heterocycles. The van der Waals surface area contributed by atoms with Crippen molar-refractivity contribution in [3.8, 4) is 6.07 Å². The highest BCUT2D eigenvalue weighted by Crippen LogP contribution is 2.54. The van der Waals surface area contributed by atoms with Gasteiger partial charge in [-0.25, -0.2) is 18.7 Å². The number of anilines is 2. The van der Waals surface area contributed by atoms with Gasteiger partial charge >= 0.3 is 0 Å². The van der Waals surface area contributed by atoms with Crippen LogP contribution in [0.3, 0.4) is 0 Å². The number of nitriles is 1. The van der Waals surface area contributed by atoms with Gasteiger partial charge in [0.2, 0.25) is 0 Å². The molecule has 188 valence electrons. The number of aromatic nitrogens is 2. The molecular weight excluding hydrogens is 468 g/mol. The number of nitrogens with zero attached hydrogens (tertiary/aromatic N) is 5. The van der Waals surface area contributed by atoms with Crippen LogP contribution in [0.5, 0.6) is 0 Å². The summed E-state index contributed by atoms with van der Waals surface area (Å²) in [4.78, 5) is 11.6. The standard InChI is InChI=1S/C13H14FN3.C12H14ClFN2.C2H6/c14-11-9-16-10(8-15)7-12(11)17-5-3-13(1-2-13)4-6-17;13-11-7-10(9(14)8-15-11)16-5-3-12(1-2-12)4-6-16;1-2/h7,9H,1-6H2;7-8H,1-6H2;1-2H3. The summed E-state index contributed by atoms with van der Waals surface area (Å²) in [5, 5.41) is 9.15. The summed E-state index contributed by atoms with van der Waals surface area (Å²) in [6.45, 7) is 7.67. The Kier molecular flexibility index (Phi) is 7.80. The summed E-state index contributed by atoms with van der Waals surface area (Å²) in [5.41, 5.74) is 2.62. The first-order valence-electron chi connectivity index (χ1n) is 12.8. The van der Waals surface area contributed by atoms with Gasteiger partial charge in [-0.1, -0.05) is 25.4 Å². The predicted octanol–water partition coefficient (Wildman–Crippen LogP) is 6.75. The Balaban J connectivity index is 0.000000155. The summed E-state index contributed by atoms with van der Waals surface area (Å²) in [5.74, 6) is -0.591. The number of hydrogen-bond donors (Lipinski definition) is 0. The normalized spacial score (nSPS) is 20.8. The van der Waals surface area contributed by atoms with Gasteiger partial charge in [0.05, 0.1) is 23.8 Å². The molecule has 0 N–H and O–H groups in total. The first kappa shape index (κ1) is 25.6. The zero-order valence-electron chi connectivity index (χ0n) is 20.7. The fourth-order valence-corrected chi connectivity index (χ4v) is 5.33. The highest BCUT2D eigenvalue weighted by Gasteiger charge is 2.45. The largest absolute Gasteiger partial charge is 0.369 e. The van der Waals surface area contributed by atoms with E-state index in [-0.39, 0.29) is 17.3 Å². The van der Waals surface area contributed by atoms with Crippen LogP contribution in [0.2, 0.25) is 5.15 Å². The van der Waals surface area contributed by atoms with E-state index in [4.69, 9.17) is 16.9 Å². The lowest BCUT2D eigenvalue weighted by Gasteiger charge is -2.33. The predicted molar refractivity (Wildman–Crippen MR) is 136 cm³/mol. The van der Waals surface area contributed by atoms with Crippen molar-refractivity contribution < 1.29 is 8.78 Å². The second-order valence-electron chi connectivity index (χ2n) is 10.1. The van der Waals surface area contributed by atoms with Crippen LogP contribution in [-0.4, -0.2) is 36.1 Å². The molecule has 5 nitrogen and oxygen atoms in total. The Hall–Kier alpha value is -2.46. The van der Waals surface area contributed by atoms with Crippen molar-refractivity contribution in [3.05, 3.63) is 47.0 Å². The molecule has 2 saturated carbocycles. The van der Waals surface area contributed by atoms with Crippen LogP contribution < -0.4 is 9.80 Å². The van der Waals surface area contributed by atoms with E-state index < -0.39 is 0 Å². The highest BCUT2D eigenvalue weighted by molar-refractivity contribution is 6.29. The van der Waals surface area contributed by atoms with E-state index >= 15 is 0 Å². The van der Waals surface area contributed by atoms with E-state index in [1.54, 1.807) is 12.1 Å². The van der Waals surface area contributed by atoms with Crippen LogP contribution in [0, 0.1) is 33.8 Å². The maximum atomic E-state index is 13.7. The van der Waals surface area contributed by atoms with E-state index in [1.807, 2.05) is 24.8 Å². The Morgan fingerprint density at radius 1 is 0.771 bits per heavy atom. The number of pyridine rings is 2. The molecule has 4 aliphatic rings. The van der Waals surface area contributed by atoms with Crippen LogP contribution in [0.4, 0.5) is 20.2 Å². The van der Waals surface area contributed by atoms with Crippen LogP contribution in [0.25, 0.3) is 0 Å². The third-order valence-electron chi connectivity index (χ3n) is 8.00. The maximum absolute atomic E-state index is 13.7. The summed E-state index contributed by atoms with van der Waals surface area (Å²) in [7, 11) is 0. The van der Waals surface area contributed by atoms with Crippen LogP contribution in [-0.2, 0) is 0 Å². The second-order valence-corrected chi connectivity index (χ2v) is 10.5. The highest BCUT2D eigenvalue weighted by atomic mass is 35.5. The number of piperidine rings is 2. The number of hydrogen-bond acceptors (Lipinski definition) is 5. The summed E-state index contributed by atoms with van der Waals surface area (Å²) in [6.07, 6.45) is 12.4. The molecule has 8 heteroatoms. The van der Waals surface area contributed by atoms with Crippen molar-refractivity contribution in [2.45, 2.75) is 65.2 Å². The Morgan fingerprint density at radius 2 is 1.20 bits per heavy atom. The summed E-state index contributed by atoms with van der Waals surface area (Å²) >= 11 is 5.80. The quantitative estimate of drug-likeness (QED) is 0.426. The Bertz CT molecular complexity index is 1060. The van der Waals surface area contributed by atoms with Gasteiger partial charge in [-0.3, -0.25) is 0 Å². The SMILES string of the molecule is CC.Fc1cnc(Cl)cc1N1CCC2(CC1)CC2.N#Cc1cc(N2CCC3(CC2)CC3)c(F)cn1. The van der Waals surface area contributed by atoms with Crippen molar-refractivity contribution in [1.29, 1.82) is 5.26 Å².